The molecule has 0 aromatic carbocycles. The van der Waals surface area contributed by atoms with Crippen molar-refractivity contribution in [1.82, 2.24) is 5.32 Å². The van der Waals surface area contributed by atoms with E-state index in [0.29, 0.717) is 0 Å². The van der Waals surface area contributed by atoms with Gasteiger partial charge in [0.2, 0.25) is 0 Å². The van der Waals surface area contributed by atoms with Crippen LogP contribution in [-0.2, 0) is 0 Å². The van der Waals surface area contributed by atoms with Crippen molar-refractivity contribution in [1.29, 1.82) is 0 Å². The van der Waals surface area contributed by atoms with Crippen molar-refractivity contribution in [3.63, 3.8) is 0 Å². The molecule has 0 aliphatic heterocycles. The van der Waals surface area contributed by atoms with E-state index in [9.17, 15) is 0 Å². The summed E-state index contributed by atoms with van der Waals surface area (Å²) in [6.45, 7) is 4.37. The molecule has 12 heavy (non-hydrogen) atoms. The summed E-state index contributed by atoms with van der Waals surface area (Å²) in [7, 11) is 0. The maximum atomic E-state index is 6.18. The van der Waals surface area contributed by atoms with Crippen LogP contribution >= 0.6 is 0 Å². The quantitative estimate of drug-likeness (QED) is 0.616. The Hall–Kier alpha value is -0.0800. The molecule has 0 radical (unpaired) electrons. The highest BCUT2D eigenvalue weighted by Gasteiger charge is 2.28. The number of hydrogen-bond acceptors (Lipinski definition) is 2. The van der Waals surface area contributed by atoms with Crippen molar-refractivity contribution in [2.24, 2.45) is 5.73 Å². The minimum absolute atomic E-state index is 0.133. The van der Waals surface area contributed by atoms with Gasteiger partial charge in [-0.05, 0) is 25.8 Å². The van der Waals surface area contributed by atoms with Crippen LogP contribution < -0.4 is 11.1 Å². The Labute approximate surface area is 75.9 Å². The van der Waals surface area contributed by atoms with Crippen LogP contribution in [0.25, 0.3) is 0 Å². The van der Waals surface area contributed by atoms with Crippen molar-refractivity contribution in [2.45, 2.75) is 51.0 Å². The predicted octanol–water partition coefficient (Wildman–Crippen LogP) is 1.65. The average molecular weight is 170 g/mol. The summed E-state index contributed by atoms with van der Waals surface area (Å²) in [6.07, 6.45) is 7.62. The van der Waals surface area contributed by atoms with E-state index in [1.54, 1.807) is 0 Å². The van der Waals surface area contributed by atoms with Gasteiger partial charge >= 0.3 is 0 Å². The van der Waals surface area contributed by atoms with Crippen LogP contribution in [0.2, 0.25) is 0 Å². The number of nitrogens with one attached hydrogen (secondary N) is 1. The van der Waals surface area contributed by atoms with Crippen LogP contribution in [0.3, 0.4) is 0 Å². The van der Waals surface area contributed by atoms with Gasteiger partial charge < -0.3 is 11.1 Å². The van der Waals surface area contributed by atoms with Gasteiger partial charge in [-0.2, -0.15) is 0 Å². The van der Waals surface area contributed by atoms with Gasteiger partial charge in [-0.15, -0.1) is 0 Å². The second kappa shape index (κ2) is 4.83. The minimum atomic E-state index is 0.133. The van der Waals surface area contributed by atoms with Crippen LogP contribution in [-0.4, -0.2) is 18.6 Å². The van der Waals surface area contributed by atoms with Crippen LogP contribution in [0.1, 0.15) is 45.4 Å². The summed E-state index contributed by atoms with van der Waals surface area (Å²) in [5, 5.41) is 3.44. The smallest absolute Gasteiger partial charge is 0.0280 e. The monoisotopic (exact) mass is 170 g/mol. The summed E-state index contributed by atoms with van der Waals surface area (Å²) in [4.78, 5) is 0. The lowest BCUT2D eigenvalue weighted by molar-refractivity contribution is 0.403. The number of unbranched alkanes of at least 4 members (excludes halogenated alkanes) is 1. The second-order valence-electron chi connectivity index (χ2n) is 4.10. The average Bonchev–Trinajstić information content (AvgIpc) is 2.47. The molecule has 0 unspecified atom stereocenters. The first kappa shape index (κ1) is 10.0. The summed E-state index contributed by atoms with van der Waals surface area (Å²) in [6, 6.07) is 0. The highest BCUT2D eigenvalue weighted by Crippen LogP contribution is 2.26. The second-order valence-corrected chi connectivity index (χ2v) is 4.10. The van der Waals surface area contributed by atoms with Gasteiger partial charge in [0.1, 0.15) is 0 Å². The summed E-state index contributed by atoms with van der Waals surface area (Å²) < 4.78 is 0. The van der Waals surface area contributed by atoms with E-state index < -0.39 is 0 Å². The molecule has 0 aromatic heterocycles. The molecule has 0 amide bonds. The van der Waals surface area contributed by atoms with Crippen LogP contribution in [0.4, 0.5) is 0 Å². The van der Waals surface area contributed by atoms with Crippen molar-refractivity contribution in [2.75, 3.05) is 13.1 Å². The maximum absolute atomic E-state index is 6.18. The zero-order valence-electron chi connectivity index (χ0n) is 8.23. The fourth-order valence-corrected chi connectivity index (χ4v) is 1.90. The van der Waals surface area contributed by atoms with E-state index in [1.165, 1.54) is 38.5 Å². The lowest BCUT2D eigenvalue weighted by Gasteiger charge is -2.23. The molecule has 3 N–H and O–H groups in total. The molecule has 0 aromatic rings. The molecule has 1 saturated carbocycles. The highest BCUT2D eigenvalue weighted by atomic mass is 14.9. The third-order valence-electron chi connectivity index (χ3n) is 2.78. The molecule has 0 saturated heterocycles. The van der Waals surface area contributed by atoms with Crippen molar-refractivity contribution < 1.29 is 0 Å². The lowest BCUT2D eigenvalue weighted by Crippen LogP contribution is -2.46. The summed E-state index contributed by atoms with van der Waals surface area (Å²) in [5.74, 6) is 0. The van der Waals surface area contributed by atoms with Crippen LogP contribution in [0.5, 0.6) is 0 Å². The zero-order chi connectivity index (χ0) is 8.86. The molecule has 0 spiro atoms. The third-order valence-corrected chi connectivity index (χ3v) is 2.78. The van der Waals surface area contributed by atoms with E-state index in [4.69, 9.17) is 5.73 Å². The van der Waals surface area contributed by atoms with Gasteiger partial charge in [-0.1, -0.05) is 26.2 Å². The molecule has 1 fully saturated rings. The largest absolute Gasteiger partial charge is 0.324 e. The van der Waals surface area contributed by atoms with E-state index >= 15 is 0 Å². The Morgan fingerprint density at radius 2 is 2.00 bits per heavy atom. The molecule has 72 valence electrons. The van der Waals surface area contributed by atoms with E-state index in [-0.39, 0.29) is 5.54 Å². The lowest BCUT2D eigenvalue weighted by atomic mass is 9.99. The molecule has 1 aliphatic rings. The van der Waals surface area contributed by atoms with Gasteiger partial charge in [-0.25, -0.2) is 0 Å². The number of rotatable bonds is 5. The predicted molar refractivity (Wildman–Crippen MR) is 53.2 cm³/mol. The van der Waals surface area contributed by atoms with Crippen molar-refractivity contribution in [3.8, 4) is 0 Å². The van der Waals surface area contributed by atoms with E-state index in [0.717, 1.165) is 13.1 Å². The molecule has 0 heterocycles. The Bertz CT molecular complexity index is 117. The van der Waals surface area contributed by atoms with E-state index in [2.05, 4.69) is 12.2 Å². The van der Waals surface area contributed by atoms with Gasteiger partial charge in [0.25, 0.3) is 0 Å². The Morgan fingerprint density at radius 3 is 2.58 bits per heavy atom. The van der Waals surface area contributed by atoms with Gasteiger partial charge in [0.15, 0.2) is 0 Å². The normalized spacial score (nSPS) is 21.5. The minimum Gasteiger partial charge on any atom is -0.324 e. The number of hydrogen-bond donors (Lipinski definition) is 2. The molecule has 2 nitrogen and oxygen atoms in total. The van der Waals surface area contributed by atoms with Gasteiger partial charge in [-0.3, -0.25) is 0 Å². The van der Waals surface area contributed by atoms with Crippen molar-refractivity contribution in [3.05, 3.63) is 0 Å². The fourth-order valence-electron chi connectivity index (χ4n) is 1.90. The maximum Gasteiger partial charge on any atom is 0.0280 e. The standard InChI is InChI=1S/C10H22N2/c1-2-3-8-12-9-10(11)6-4-5-7-10/h12H,2-9,11H2,1H3. The van der Waals surface area contributed by atoms with Crippen molar-refractivity contribution >= 4 is 0 Å². The fraction of sp³-hybridized carbons (Fsp3) is 1.00. The summed E-state index contributed by atoms with van der Waals surface area (Å²) in [5.41, 5.74) is 6.31. The Kier molecular flexibility index (Phi) is 4.02. The first-order chi connectivity index (χ1) is 5.77. The first-order valence-corrected chi connectivity index (χ1v) is 5.26. The molecular formula is C10H22N2. The third kappa shape index (κ3) is 3.11. The zero-order valence-corrected chi connectivity index (χ0v) is 8.23. The first-order valence-electron chi connectivity index (χ1n) is 5.26. The number of nitrogens with two attached hydrogens (primary N) is 1. The molecule has 2 heteroatoms. The highest BCUT2D eigenvalue weighted by molar-refractivity contribution is 4.90. The van der Waals surface area contributed by atoms with Gasteiger partial charge in [0.05, 0.1) is 0 Å². The topological polar surface area (TPSA) is 38.0 Å². The molecule has 0 atom stereocenters. The van der Waals surface area contributed by atoms with E-state index in [1.807, 2.05) is 0 Å². The SMILES string of the molecule is CCCCNCC1(N)CCCC1. The Morgan fingerprint density at radius 1 is 1.33 bits per heavy atom. The Balaban J connectivity index is 2.05. The molecule has 1 rings (SSSR count). The molecular weight excluding hydrogens is 148 g/mol. The molecule has 0 bridgehead atoms. The molecule has 1 aliphatic carbocycles. The van der Waals surface area contributed by atoms with Gasteiger partial charge in [0, 0.05) is 12.1 Å². The summed E-state index contributed by atoms with van der Waals surface area (Å²) >= 11 is 0. The van der Waals surface area contributed by atoms with Crippen LogP contribution in [0, 0.1) is 0 Å². The van der Waals surface area contributed by atoms with Crippen LogP contribution in [0.15, 0.2) is 0 Å².